The van der Waals surface area contributed by atoms with Crippen molar-refractivity contribution < 1.29 is 34.2 Å². The van der Waals surface area contributed by atoms with Crippen LogP contribution in [0.5, 0.6) is 5.75 Å². The Morgan fingerprint density at radius 3 is 2.11 bits per heavy atom. The Hall–Kier alpha value is -3.71. The predicted molar refractivity (Wildman–Crippen MR) is 176 cm³/mol. The second-order valence-corrected chi connectivity index (χ2v) is 15.3. The quantitative estimate of drug-likeness (QED) is 0.359. The van der Waals surface area contributed by atoms with Gasteiger partial charge in [0, 0.05) is 11.3 Å². The van der Waals surface area contributed by atoms with Gasteiger partial charge in [0.1, 0.15) is 17.5 Å². The molecule has 2 aromatic rings. The first kappa shape index (κ1) is 33.6. The Bertz CT molecular complexity index is 1700. The maximum atomic E-state index is 14.6. The van der Waals surface area contributed by atoms with E-state index >= 15 is 0 Å². The van der Waals surface area contributed by atoms with Crippen LogP contribution in [0.2, 0.25) is 0 Å². The molecule has 0 aliphatic heterocycles. The van der Waals surface area contributed by atoms with Crippen LogP contribution < -0.4 is 0 Å². The van der Waals surface area contributed by atoms with Gasteiger partial charge in [0.25, 0.3) is 0 Å². The van der Waals surface area contributed by atoms with Gasteiger partial charge in [-0.15, -0.1) is 0 Å². The van der Waals surface area contributed by atoms with Crippen LogP contribution in [-0.4, -0.2) is 44.7 Å². The highest BCUT2D eigenvalue weighted by atomic mass is 16.3. The van der Waals surface area contributed by atoms with Gasteiger partial charge < -0.3 is 10.2 Å². The second-order valence-electron chi connectivity index (χ2n) is 15.3. The molecule has 0 heterocycles. The molecular weight excluding hydrogens is 580 g/mol. The molecule has 3 aliphatic rings. The smallest absolute Gasteiger partial charge is 0.190 e. The van der Waals surface area contributed by atoms with Crippen LogP contribution in [0.25, 0.3) is 5.57 Å². The van der Waals surface area contributed by atoms with Crippen LogP contribution in [0, 0.1) is 34.5 Å². The summed E-state index contributed by atoms with van der Waals surface area (Å²) in [5, 5.41) is 23.9. The topological polar surface area (TPSA) is 126 Å². The minimum atomic E-state index is -2.70. The van der Waals surface area contributed by atoms with Crippen molar-refractivity contribution in [1.82, 2.24) is 0 Å². The molecule has 0 bridgehead atoms. The number of phenolic OH excluding ortho intramolecular Hbond substituents is 1. The fourth-order valence-corrected chi connectivity index (χ4v) is 9.23. The number of ketones is 5. The number of benzene rings is 2. The number of carbonyl (C=O) groups is 5. The summed E-state index contributed by atoms with van der Waals surface area (Å²) in [6, 6.07) is 10.00. The maximum absolute atomic E-state index is 14.6. The molecule has 7 heteroatoms. The average molecular weight is 627 g/mol. The normalized spacial score (nSPS) is 30.7. The molecule has 5 rings (SSSR count). The fourth-order valence-electron chi connectivity index (χ4n) is 9.23. The van der Waals surface area contributed by atoms with E-state index in [9.17, 15) is 34.2 Å². The van der Waals surface area contributed by atoms with Gasteiger partial charge in [-0.3, -0.25) is 24.0 Å². The number of aliphatic hydroxyl groups is 1. The van der Waals surface area contributed by atoms with Crippen LogP contribution in [0.15, 0.2) is 36.9 Å². The third-order valence-corrected chi connectivity index (χ3v) is 11.2. The first-order chi connectivity index (χ1) is 21.3. The lowest BCUT2D eigenvalue weighted by Crippen LogP contribution is -2.76. The Morgan fingerprint density at radius 1 is 0.978 bits per heavy atom. The molecule has 0 amide bonds. The molecule has 2 N–H and O–H groups in total. The van der Waals surface area contributed by atoms with Crippen LogP contribution in [0.1, 0.15) is 106 Å². The number of aromatic hydroxyl groups is 1. The van der Waals surface area contributed by atoms with Crippen molar-refractivity contribution in [2.24, 2.45) is 34.5 Å². The number of carbonyl (C=O) groups excluding carboxylic acids is 5. The van der Waals surface area contributed by atoms with E-state index < -0.39 is 63.1 Å². The minimum Gasteiger partial charge on any atom is -0.507 e. The van der Waals surface area contributed by atoms with Crippen molar-refractivity contribution in [3.63, 3.8) is 0 Å². The lowest BCUT2D eigenvalue weighted by atomic mass is 9.39. The summed E-state index contributed by atoms with van der Waals surface area (Å²) in [5.41, 5.74) is 0.0314. The van der Waals surface area contributed by atoms with Gasteiger partial charge in [-0.05, 0) is 84.6 Å². The van der Waals surface area contributed by atoms with Gasteiger partial charge in [0.2, 0.25) is 0 Å². The minimum absolute atomic E-state index is 0.000264. The third-order valence-electron chi connectivity index (χ3n) is 11.2. The van der Waals surface area contributed by atoms with Crippen LogP contribution in [0.4, 0.5) is 0 Å². The number of allylic oxidation sites excluding steroid dienone is 1. The average Bonchev–Trinajstić information content (AvgIpc) is 2.94. The molecule has 2 saturated carbocycles. The molecule has 0 radical (unpaired) electrons. The molecule has 3 aliphatic carbocycles. The standard InChI is InChI=1S/C39H46O7/c1-19(2)24-13-10-23(11-14-24)12-15-25-16-26(20(3)4)27-17-37(8)18-38(9)30(21(5)6)33(42)28(22(7)40)35(44)39(38,46)36(45)31(37)34(43)29(27)32(25)41/h10-11,13-14,16,20-21,28,30-31,41,46H,1,12,15,17-18H2,2-9H3/t28?,30?,31?,37-,38-,39+/m1/s1. The lowest BCUT2D eigenvalue weighted by molar-refractivity contribution is -0.205. The molecule has 3 unspecified atom stereocenters. The highest BCUT2D eigenvalue weighted by Crippen LogP contribution is 2.64. The zero-order chi connectivity index (χ0) is 34.3. The fraction of sp³-hybridized carbons (Fsp3) is 0.513. The highest BCUT2D eigenvalue weighted by Gasteiger charge is 2.76. The summed E-state index contributed by atoms with van der Waals surface area (Å²) in [7, 11) is 0. The van der Waals surface area contributed by atoms with E-state index in [-0.39, 0.29) is 36.0 Å². The molecule has 6 atom stereocenters. The van der Waals surface area contributed by atoms with E-state index in [4.69, 9.17) is 0 Å². The first-order valence-electron chi connectivity index (χ1n) is 16.3. The summed E-state index contributed by atoms with van der Waals surface area (Å²) >= 11 is 0. The Morgan fingerprint density at radius 2 is 1.59 bits per heavy atom. The highest BCUT2D eigenvalue weighted by molar-refractivity contribution is 6.32. The lowest BCUT2D eigenvalue weighted by Gasteiger charge is -2.62. The number of hydrogen-bond acceptors (Lipinski definition) is 7. The van der Waals surface area contributed by atoms with Crippen molar-refractivity contribution in [2.45, 2.75) is 92.6 Å². The molecule has 2 aromatic carbocycles. The van der Waals surface area contributed by atoms with E-state index in [2.05, 4.69) is 6.58 Å². The summed E-state index contributed by atoms with van der Waals surface area (Å²) < 4.78 is 0. The van der Waals surface area contributed by atoms with E-state index in [1.807, 2.05) is 58.0 Å². The van der Waals surface area contributed by atoms with Crippen LogP contribution in [0.3, 0.4) is 0 Å². The summed E-state index contributed by atoms with van der Waals surface area (Å²) in [4.78, 5) is 69.4. The number of fused-ring (bicyclic) bond motifs is 3. The zero-order valence-corrected chi connectivity index (χ0v) is 28.2. The molecule has 7 nitrogen and oxygen atoms in total. The van der Waals surface area contributed by atoms with Crippen molar-refractivity contribution in [1.29, 1.82) is 0 Å². The van der Waals surface area contributed by atoms with Crippen molar-refractivity contribution in [3.05, 3.63) is 70.3 Å². The summed E-state index contributed by atoms with van der Waals surface area (Å²) in [5.74, 6) is -8.72. The molecule has 46 heavy (non-hydrogen) atoms. The number of rotatable bonds is 7. The molecule has 0 aromatic heterocycles. The summed E-state index contributed by atoms with van der Waals surface area (Å²) in [6.07, 6.45) is 1.36. The Kier molecular flexibility index (Phi) is 8.21. The zero-order valence-electron chi connectivity index (χ0n) is 28.2. The Labute approximate surface area is 271 Å². The number of aryl methyl sites for hydroxylation is 2. The van der Waals surface area contributed by atoms with Gasteiger partial charge in [0.05, 0.1) is 11.5 Å². The number of Topliss-reactive ketones (excluding diaryl/α,β-unsaturated/α-hetero) is 5. The van der Waals surface area contributed by atoms with E-state index in [0.717, 1.165) is 29.2 Å². The van der Waals surface area contributed by atoms with Crippen molar-refractivity contribution >= 4 is 34.5 Å². The van der Waals surface area contributed by atoms with Crippen LogP contribution >= 0.6 is 0 Å². The van der Waals surface area contributed by atoms with E-state index in [1.165, 1.54) is 0 Å². The SMILES string of the molecule is C=C(C)c1ccc(CCc2cc(C(C)C)c3c(c2O)C(=O)C2C(=O)[C@@]4(O)C(=O)C(C(C)=O)C(=O)C(C(C)C)[C@@]4(C)C[C@@]2(C)C3)cc1. The summed E-state index contributed by atoms with van der Waals surface area (Å²) in [6.45, 7) is 18.1. The van der Waals surface area contributed by atoms with Gasteiger partial charge in [-0.2, -0.15) is 0 Å². The van der Waals surface area contributed by atoms with Gasteiger partial charge in [-0.25, -0.2) is 0 Å². The second kappa shape index (κ2) is 11.2. The Balaban J connectivity index is 1.63. The van der Waals surface area contributed by atoms with Gasteiger partial charge >= 0.3 is 0 Å². The van der Waals surface area contributed by atoms with Gasteiger partial charge in [-0.1, -0.05) is 84.0 Å². The molecule has 244 valence electrons. The van der Waals surface area contributed by atoms with Crippen molar-refractivity contribution in [2.75, 3.05) is 0 Å². The number of hydrogen-bond donors (Lipinski definition) is 2. The largest absolute Gasteiger partial charge is 0.507 e. The molecular formula is C39H46O7. The number of phenols is 1. The van der Waals surface area contributed by atoms with E-state index in [1.54, 1.807) is 20.8 Å². The molecule has 0 saturated heterocycles. The van der Waals surface area contributed by atoms with Gasteiger partial charge in [0.15, 0.2) is 28.7 Å². The molecule has 2 fully saturated rings. The third kappa shape index (κ3) is 4.68. The molecule has 0 spiro atoms. The first-order valence-corrected chi connectivity index (χ1v) is 16.3. The predicted octanol–water partition coefficient (Wildman–Crippen LogP) is 6.03. The van der Waals surface area contributed by atoms with Crippen molar-refractivity contribution in [3.8, 4) is 5.75 Å². The van der Waals surface area contributed by atoms with E-state index in [0.29, 0.717) is 24.0 Å². The van der Waals surface area contributed by atoms with Crippen LogP contribution in [-0.2, 0) is 38.4 Å². The monoisotopic (exact) mass is 626 g/mol. The maximum Gasteiger partial charge on any atom is 0.190 e.